The lowest BCUT2D eigenvalue weighted by atomic mass is 9.72. The van der Waals surface area contributed by atoms with E-state index in [4.69, 9.17) is 9.47 Å². The van der Waals surface area contributed by atoms with Crippen LogP contribution in [-0.4, -0.2) is 44.9 Å². The molecule has 3 aromatic carbocycles. The van der Waals surface area contributed by atoms with Crippen molar-refractivity contribution in [1.29, 1.82) is 0 Å². The maximum Gasteiger partial charge on any atom is 0.119 e. The summed E-state index contributed by atoms with van der Waals surface area (Å²) in [7, 11) is 4.49. The Labute approximate surface area is 232 Å². The predicted octanol–water partition coefficient (Wildman–Crippen LogP) is 4.56. The van der Waals surface area contributed by atoms with Gasteiger partial charge in [-0.05, 0) is 41.0 Å². The van der Waals surface area contributed by atoms with Gasteiger partial charge < -0.3 is 26.4 Å². The molecule has 0 saturated carbocycles. The van der Waals surface area contributed by atoms with Crippen LogP contribution in [0.2, 0.25) is 0 Å². The first-order valence-corrected chi connectivity index (χ1v) is 13.1. The molecule has 0 amide bonds. The molecule has 37 heavy (non-hydrogen) atoms. The fourth-order valence-corrected chi connectivity index (χ4v) is 4.56. The van der Waals surface area contributed by atoms with E-state index in [1.54, 1.807) is 0 Å². The van der Waals surface area contributed by atoms with Crippen molar-refractivity contribution in [2.45, 2.75) is 53.0 Å². The van der Waals surface area contributed by atoms with Gasteiger partial charge in [0.05, 0.1) is 27.3 Å². The van der Waals surface area contributed by atoms with Crippen LogP contribution >= 0.6 is 0 Å². The molecule has 0 aliphatic heterocycles. The third kappa shape index (κ3) is 14.3. The number of halogens is 1. The standard InChI is InChI=1S/C27H42NO2.C6H5.ClH/c1-26(2,3)22-27(4,5)24-13-15-25(16-14-24)30-20-19-29-18-17-28(6,7)21-23-11-9-8-10-12-23;1-2-4-6-5-3-1;/h8-16H,17-22H2,1-7H3;1-5H;1H/q+1;;/p-1. The molecule has 0 unspecified atom stereocenters. The van der Waals surface area contributed by atoms with E-state index in [0.29, 0.717) is 18.6 Å². The van der Waals surface area contributed by atoms with Crippen LogP contribution in [0.15, 0.2) is 84.9 Å². The van der Waals surface area contributed by atoms with Crippen molar-refractivity contribution in [3.05, 3.63) is 102 Å². The smallest absolute Gasteiger partial charge is 0.119 e. The second kappa shape index (κ2) is 15.8. The van der Waals surface area contributed by atoms with Gasteiger partial charge in [-0.1, -0.05) is 107 Å². The highest BCUT2D eigenvalue weighted by atomic mass is 35.5. The maximum absolute atomic E-state index is 5.87. The van der Waals surface area contributed by atoms with Crippen molar-refractivity contribution >= 4 is 0 Å². The first-order chi connectivity index (χ1) is 17.0. The Morgan fingerprint density at radius 2 is 1.32 bits per heavy atom. The minimum atomic E-state index is 0. The zero-order valence-corrected chi connectivity index (χ0v) is 24.7. The number of rotatable bonds is 11. The molecular formula is C33H47ClNO2. The van der Waals surface area contributed by atoms with Gasteiger partial charge in [0, 0.05) is 5.56 Å². The van der Waals surface area contributed by atoms with Gasteiger partial charge in [-0.15, -0.1) is 0 Å². The van der Waals surface area contributed by atoms with Crippen LogP contribution in [0.25, 0.3) is 0 Å². The van der Waals surface area contributed by atoms with Crippen LogP contribution in [0.3, 0.4) is 0 Å². The first kappa shape index (κ1) is 32.7. The van der Waals surface area contributed by atoms with E-state index in [1.165, 1.54) is 11.1 Å². The molecule has 0 fully saturated rings. The second-order valence-corrected chi connectivity index (χ2v) is 12.0. The summed E-state index contributed by atoms with van der Waals surface area (Å²) in [5, 5.41) is 0. The Morgan fingerprint density at radius 1 is 0.730 bits per heavy atom. The highest BCUT2D eigenvalue weighted by molar-refractivity contribution is 5.31. The third-order valence-electron chi connectivity index (χ3n) is 6.01. The normalized spacial score (nSPS) is 11.6. The molecule has 203 valence electrons. The Balaban J connectivity index is 0.000000855. The molecule has 0 atom stereocenters. The number of hydrogen-bond donors (Lipinski definition) is 0. The monoisotopic (exact) mass is 524 g/mol. The number of ether oxygens (including phenoxy) is 2. The summed E-state index contributed by atoms with van der Waals surface area (Å²) in [5.41, 5.74) is 3.19. The number of nitrogens with zero attached hydrogens (tertiary/aromatic N) is 1. The van der Waals surface area contributed by atoms with E-state index in [2.05, 4.69) is 109 Å². The summed E-state index contributed by atoms with van der Waals surface area (Å²) in [4.78, 5) is 0. The summed E-state index contributed by atoms with van der Waals surface area (Å²) in [6, 6.07) is 31.7. The zero-order valence-electron chi connectivity index (χ0n) is 24.0. The minimum absolute atomic E-state index is 0. The molecule has 1 radical (unpaired) electrons. The van der Waals surface area contributed by atoms with Gasteiger partial charge >= 0.3 is 0 Å². The second-order valence-electron chi connectivity index (χ2n) is 12.0. The number of benzene rings is 3. The van der Waals surface area contributed by atoms with Gasteiger partial charge in [-0.2, -0.15) is 0 Å². The molecule has 0 saturated heterocycles. The molecule has 3 aromatic rings. The molecular weight excluding hydrogens is 478 g/mol. The molecule has 0 spiro atoms. The maximum atomic E-state index is 5.87. The molecule has 3 nitrogen and oxygen atoms in total. The topological polar surface area (TPSA) is 18.5 Å². The first-order valence-electron chi connectivity index (χ1n) is 13.1. The number of hydrogen-bond acceptors (Lipinski definition) is 2. The van der Waals surface area contributed by atoms with Crippen LogP contribution in [0, 0.1) is 11.5 Å². The van der Waals surface area contributed by atoms with Gasteiger partial charge in [-0.3, -0.25) is 0 Å². The number of quaternary nitrogens is 1. The molecule has 3 rings (SSSR count). The average molecular weight is 525 g/mol. The van der Waals surface area contributed by atoms with Crippen LogP contribution in [0.1, 0.15) is 52.2 Å². The highest BCUT2D eigenvalue weighted by Crippen LogP contribution is 2.36. The van der Waals surface area contributed by atoms with E-state index < -0.39 is 0 Å². The molecule has 0 N–H and O–H groups in total. The quantitative estimate of drug-likeness (QED) is 0.270. The van der Waals surface area contributed by atoms with Crippen molar-refractivity contribution < 1.29 is 26.4 Å². The lowest BCUT2D eigenvalue weighted by Crippen LogP contribution is -3.00. The largest absolute Gasteiger partial charge is 1.00 e. The van der Waals surface area contributed by atoms with Crippen molar-refractivity contribution in [2.75, 3.05) is 40.5 Å². The Bertz CT molecular complexity index is 938. The predicted molar refractivity (Wildman–Crippen MR) is 152 cm³/mol. The molecule has 0 aliphatic carbocycles. The third-order valence-corrected chi connectivity index (χ3v) is 6.01. The summed E-state index contributed by atoms with van der Waals surface area (Å²) in [6.45, 7) is 15.5. The van der Waals surface area contributed by atoms with Gasteiger partial charge in [0.25, 0.3) is 0 Å². The van der Waals surface area contributed by atoms with E-state index in [9.17, 15) is 0 Å². The van der Waals surface area contributed by atoms with Crippen molar-refractivity contribution in [3.63, 3.8) is 0 Å². The SMILES string of the molecule is CC(C)(C)CC(C)(C)c1ccc(OCCOCC[N+](C)(C)Cc2ccccc2)cc1.[Cl-].[c]1ccccc1. The highest BCUT2D eigenvalue weighted by Gasteiger charge is 2.27. The van der Waals surface area contributed by atoms with E-state index in [0.717, 1.165) is 36.3 Å². The summed E-state index contributed by atoms with van der Waals surface area (Å²) < 4.78 is 12.6. The lowest BCUT2D eigenvalue weighted by molar-refractivity contribution is -0.904. The van der Waals surface area contributed by atoms with Crippen LogP contribution in [0.4, 0.5) is 0 Å². The van der Waals surface area contributed by atoms with Gasteiger partial charge in [0.1, 0.15) is 25.4 Å². The molecule has 0 heterocycles. The van der Waals surface area contributed by atoms with E-state index in [-0.39, 0.29) is 17.8 Å². The summed E-state index contributed by atoms with van der Waals surface area (Å²) >= 11 is 0. The summed E-state index contributed by atoms with van der Waals surface area (Å²) in [5.74, 6) is 0.911. The van der Waals surface area contributed by atoms with Gasteiger partial charge in [-0.25, -0.2) is 0 Å². The van der Waals surface area contributed by atoms with E-state index in [1.807, 2.05) is 30.3 Å². The zero-order chi connectivity index (χ0) is 26.5. The Kier molecular flexibility index (Phi) is 14.0. The van der Waals surface area contributed by atoms with Crippen molar-refractivity contribution in [1.82, 2.24) is 0 Å². The Morgan fingerprint density at radius 3 is 1.84 bits per heavy atom. The van der Waals surface area contributed by atoms with Gasteiger partial charge in [0.15, 0.2) is 0 Å². The molecule has 4 heteroatoms. The molecule has 0 aromatic heterocycles. The van der Waals surface area contributed by atoms with Crippen molar-refractivity contribution in [3.8, 4) is 5.75 Å². The Hall–Kier alpha value is -2.33. The fourth-order valence-electron chi connectivity index (χ4n) is 4.56. The van der Waals surface area contributed by atoms with Crippen molar-refractivity contribution in [2.24, 2.45) is 5.41 Å². The molecule has 0 bridgehead atoms. The molecule has 0 aliphatic rings. The number of likely N-dealkylation sites (N-methyl/N-ethyl adjacent to an activating group) is 1. The van der Waals surface area contributed by atoms with Gasteiger partial charge in [0.2, 0.25) is 0 Å². The summed E-state index contributed by atoms with van der Waals surface area (Å²) in [6.07, 6.45) is 1.15. The fraction of sp³-hybridized carbons (Fsp3) is 0.455. The van der Waals surface area contributed by atoms with Crippen LogP contribution < -0.4 is 17.1 Å². The average Bonchev–Trinajstić information content (AvgIpc) is 2.82. The lowest BCUT2D eigenvalue weighted by Gasteiger charge is -2.33. The van der Waals surface area contributed by atoms with E-state index >= 15 is 0 Å². The van der Waals surface area contributed by atoms with Crippen LogP contribution in [0.5, 0.6) is 5.75 Å². The minimum Gasteiger partial charge on any atom is -1.00 e. The van der Waals surface area contributed by atoms with Crippen LogP contribution in [-0.2, 0) is 16.7 Å².